The van der Waals surface area contributed by atoms with E-state index in [0.717, 1.165) is 33.3 Å². The lowest BCUT2D eigenvalue weighted by Gasteiger charge is -2.15. The van der Waals surface area contributed by atoms with Crippen LogP contribution in [0.5, 0.6) is 0 Å². The second kappa shape index (κ2) is 8.24. The zero-order valence-corrected chi connectivity index (χ0v) is 16.0. The average molecular weight is 403 g/mol. The number of aromatic amines is 1. The molecule has 1 unspecified atom stereocenters. The van der Waals surface area contributed by atoms with Crippen molar-refractivity contribution in [2.45, 2.75) is 6.54 Å². The number of pyridine rings is 1. The number of nitrogens with one attached hydrogen (secondary N) is 3. The van der Waals surface area contributed by atoms with E-state index in [1.165, 1.54) is 6.20 Å². The van der Waals surface area contributed by atoms with E-state index in [1.54, 1.807) is 6.20 Å². The number of anilines is 2. The summed E-state index contributed by atoms with van der Waals surface area (Å²) in [7, 11) is 0. The van der Waals surface area contributed by atoms with Gasteiger partial charge in [0.25, 0.3) is 0 Å². The van der Waals surface area contributed by atoms with Crippen LogP contribution >= 0.6 is 0 Å². The molecule has 0 amide bonds. The molecule has 4 aromatic rings. The number of H-pyrrole nitrogens is 1. The molecule has 144 valence electrons. The Morgan fingerprint density at radius 3 is 2.72 bits per heavy atom. The zero-order valence-electron chi connectivity index (χ0n) is 15.2. The Morgan fingerprint density at radius 2 is 1.97 bits per heavy atom. The van der Waals surface area contributed by atoms with E-state index in [0.29, 0.717) is 11.3 Å². The van der Waals surface area contributed by atoms with Gasteiger partial charge in [-0.3, -0.25) is 9.54 Å². The number of hydrogen-bond donors (Lipinski definition) is 4. The largest absolute Gasteiger partial charge is 0.361 e. The van der Waals surface area contributed by atoms with Gasteiger partial charge in [0.1, 0.15) is 6.07 Å². The molecule has 7 nitrogen and oxygen atoms in total. The summed E-state index contributed by atoms with van der Waals surface area (Å²) in [6.07, 6.45) is 5.13. The highest BCUT2D eigenvalue weighted by molar-refractivity contribution is 7.77. The standard InChI is InChI=1S/C21H17N5O2S/c22-10-16-12-23-13-18(15-6-4-14(5-7-15)11-25-29(27)28)21(16)26-20-3-1-2-19-17(20)8-9-24-19/h1-9,12-13,24-25H,11H2,(H,23,26)(H,27,28). The van der Waals surface area contributed by atoms with Crippen molar-refractivity contribution < 1.29 is 8.76 Å². The molecule has 0 bridgehead atoms. The summed E-state index contributed by atoms with van der Waals surface area (Å²) in [6.45, 7) is 0.278. The van der Waals surface area contributed by atoms with E-state index in [1.807, 2.05) is 54.7 Å². The third-order valence-corrected chi connectivity index (χ3v) is 4.98. The summed E-state index contributed by atoms with van der Waals surface area (Å²) in [5.74, 6) is 0. The lowest BCUT2D eigenvalue weighted by atomic mass is 10.0. The molecule has 0 saturated heterocycles. The van der Waals surface area contributed by atoms with Crippen LogP contribution in [0, 0.1) is 11.3 Å². The van der Waals surface area contributed by atoms with E-state index >= 15 is 0 Å². The normalized spacial score (nSPS) is 11.9. The minimum Gasteiger partial charge on any atom is -0.361 e. The first-order chi connectivity index (χ1) is 14.2. The third-order valence-electron chi connectivity index (χ3n) is 4.59. The molecule has 0 aliphatic heterocycles. The first kappa shape index (κ1) is 18.8. The highest BCUT2D eigenvalue weighted by Gasteiger charge is 2.13. The number of nitriles is 1. The molecule has 0 aliphatic rings. The smallest absolute Gasteiger partial charge is 0.232 e. The first-order valence-electron chi connectivity index (χ1n) is 8.80. The zero-order chi connectivity index (χ0) is 20.2. The predicted octanol–water partition coefficient (Wildman–Crippen LogP) is 4.07. The van der Waals surface area contributed by atoms with E-state index in [4.69, 9.17) is 4.55 Å². The maximum atomic E-state index is 10.8. The molecule has 0 radical (unpaired) electrons. The van der Waals surface area contributed by atoms with Gasteiger partial charge >= 0.3 is 0 Å². The SMILES string of the molecule is N#Cc1cncc(-c2ccc(CNS(=O)O)cc2)c1Nc1cccc2[nH]ccc12. The van der Waals surface area contributed by atoms with Crippen molar-refractivity contribution in [3.63, 3.8) is 0 Å². The van der Waals surface area contributed by atoms with Gasteiger partial charge in [-0.2, -0.15) is 5.26 Å². The van der Waals surface area contributed by atoms with Crippen molar-refractivity contribution in [3.05, 3.63) is 78.2 Å². The highest BCUT2D eigenvalue weighted by Crippen LogP contribution is 2.34. The van der Waals surface area contributed by atoms with Crippen molar-refractivity contribution in [3.8, 4) is 17.2 Å². The molecule has 0 aliphatic carbocycles. The summed E-state index contributed by atoms with van der Waals surface area (Å²) >= 11 is -2.05. The summed E-state index contributed by atoms with van der Waals surface area (Å²) < 4.78 is 22.1. The lowest BCUT2D eigenvalue weighted by Crippen LogP contribution is -2.15. The van der Waals surface area contributed by atoms with Crippen LogP contribution in [-0.4, -0.2) is 18.7 Å². The fourth-order valence-corrected chi connectivity index (χ4v) is 3.47. The third kappa shape index (κ3) is 4.02. The van der Waals surface area contributed by atoms with Crippen LogP contribution in [-0.2, 0) is 17.8 Å². The Bertz CT molecular complexity index is 1230. The van der Waals surface area contributed by atoms with E-state index in [2.05, 4.69) is 26.1 Å². The molecule has 4 N–H and O–H groups in total. The van der Waals surface area contributed by atoms with Crippen LogP contribution in [0.25, 0.3) is 22.0 Å². The van der Waals surface area contributed by atoms with Gasteiger partial charge < -0.3 is 10.3 Å². The molecule has 4 rings (SSSR count). The van der Waals surface area contributed by atoms with Crippen LogP contribution < -0.4 is 10.0 Å². The maximum Gasteiger partial charge on any atom is 0.232 e. The number of nitrogens with zero attached hydrogens (tertiary/aromatic N) is 2. The van der Waals surface area contributed by atoms with E-state index in [-0.39, 0.29) is 6.54 Å². The first-order valence-corrected chi connectivity index (χ1v) is 9.91. The van der Waals surface area contributed by atoms with Gasteiger partial charge in [0.15, 0.2) is 0 Å². The topological polar surface area (TPSA) is 114 Å². The molecule has 1 atom stereocenters. The van der Waals surface area contributed by atoms with Crippen molar-refractivity contribution in [2.24, 2.45) is 0 Å². The van der Waals surface area contributed by atoms with Gasteiger partial charge in [0.05, 0.1) is 11.3 Å². The monoisotopic (exact) mass is 403 g/mol. The van der Waals surface area contributed by atoms with Crippen molar-refractivity contribution in [1.29, 1.82) is 5.26 Å². The Labute approximate surface area is 169 Å². The molecule has 0 saturated carbocycles. The van der Waals surface area contributed by atoms with Gasteiger partial charge in [-0.25, -0.2) is 8.93 Å². The Morgan fingerprint density at radius 1 is 1.14 bits per heavy atom. The summed E-state index contributed by atoms with van der Waals surface area (Å²) in [6, 6.07) is 17.6. The summed E-state index contributed by atoms with van der Waals surface area (Å²) in [4.78, 5) is 7.40. The fourth-order valence-electron chi connectivity index (χ4n) is 3.18. The Balaban J connectivity index is 1.73. The molecule has 2 heterocycles. The number of fused-ring (bicyclic) bond motifs is 1. The van der Waals surface area contributed by atoms with Crippen LogP contribution in [0.2, 0.25) is 0 Å². The molecule has 2 aromatic heterocycles. The maximum absolute atomic E-state index is 10.8. The fraction of sp³-hybridized carbons (Fsp3) is 0.0476. The second-order valence-corrected chi connectivity index (χ2v) is 7.15. The number of hydrogen-bond acceptors (Lipinski definition) is 4. The van der Waals surface area contributed by atoms with Crippen LogP contribution in [0.3, 0.4) is 0 Å². The minimum absolute atomic E-state index is 0.278. The predicted molar refractivity (Wildman–Crippen MR) is 114 cm³/mol. The van der Waals surface area contributed by atoms with E-state index in [9.17, 15) is 9.47 Å². The van der Waals surface area contributed by atoms with Crippen molar-refractivity contribution in [2.75, 3.05) is 5.32 Å². The highest BCUT2D eigenvalue weighted by atomic mass is 32.2. The number of rotatable bonds is 6. The van der Waals surface area contributed by atoms with Crippen LogP contribution in [0.15, 0.2) is 67.1 Å². The van der Waals surface area contributed by atoms with Crippen molar-refractivity contribution >= 4 is 33.5 Å². The Kier molecular flexibility index (Phi) is 5.35. The molecule has 2 aromatic carbocycles. The average Bonchev–Trinajstić information content (AvgIpc) is 3.23. The van der Waals surface area contributed by atoms with Gasteiger partial charge in [-0.1, -0.05) is 30.3 Å². The van der Waals surface area contributed by atoms with E-state index < -0.39 is 11.3 Å². The molecular formula is C21H17N5O2S. The molecular weight excluding hydrogens is 386 g/mol. The second-order valence-electron chi connectivity index (χ2n) is 6.36. The van der Waals surface area contributed by atoms with Crippen molar-refractivity contribution in [1.82, 2.24) is 14.7 Å². The summed E-state index contributed by atoms with van der Waals surface area (Å²) in [5, 5.41) is 14.0. The van der Waals surface area contributed by atoms with Gasteiger partial charge in [-0.15, -0.1) is 0 Å². The van der Waals surface area contributed by atoms with Crippen LogP contribution in [0.4, 0.5) is 11.4 Å². The molecule has 8 heteroatoms. The lowest BCUT2D eigenvalue weighted by molar-refractivity contribution is 0.548. The molecule has 0 fully saturated rings. The molecule has 0 spiro atoms. The minimum atomic E-state index is -2.05. The quantitative estimate of drug-likeness (QED) is 0.362. The summed E-state index contributed by atoms with van der Waals surface area (Å²) in [5.41, 5.74) is 5.55. The Hall–Kier alpha value is -3.51. The number of aromatic nitrogens is 2. The van der Waals surface area contributed by atoms with Gasteiger partial charge in [0, 0.05) is 47.3 Å². The van der Waals surface area contributed by atoms with Crippen LogP contribution in [0.1, 0.15) is 11.1 Å². The molecule has 29 heavy (non-hydrogen) atoms. The van der Waals surface area contributed by atoms with Gasteiger partial charge in [0.2, 0.25) is 11.3 Å². The van der Waals surface area contributed by atoms with Gasteiger partial charge in [-0.05, 0) is 29.3 Å². The number of benzene rings is 2.